The predicted molar refractivity (Wildman–Crippen MR) is 162 cm³/mol. The number of nitrogens with one attached hydrogen (secondary N) is 1. The van der Waals surface area contributed by atoms with E-state index in [4.69, 9.17) is 21.7 Å². The minimum atomic E-state index is -0.960. The molecule has 0 bridgehead atoms. The molecule has 0 aromatic heterocycles. The molecule has 220 valence electrons. The van der Waals surface area contributed by atoms with Gasteiger partial charge in [-0.25, -0.2) is 0 Å². The number of nitrogens with zero attached hydrogens (tertiary/aromatic N) is 2. The van der Waals surface area contributed by atoms with Crippen LogP contribution in [-0.2, 0) is 9.59 Å². The maximum absolute atomic E-state index is 14.4. The Morgan fingerprint density at radius 3 is 2.37 bits per heavy atom. The van der Waals surface area contributed by atoms with Gasteiger partial charge in [0.25, 0.3) is 11.8 Å². The molecule has 1 atom stereocenters. The molecule has 7 nitrogen and oxygen atoms in total. The van der Waals surface area contributed by atoms with E-state index >= 15 is 0 Å². The molecule has 41 heavy (non-hydrogen) atoms. The quantitative estimate of drug-likeness (QED) is 0.335. The molecular weight excluding hydrogens is 538 g/mol. The summed E-state index contributed by atoms with van der Waals surface area (Å²) in [6.45, 7) is 11.0. The van der Waals surface area contributed by atoms with Crippen molar-refractivity contribution in [3.8, 4) is 0 Å². The largest absolute Gasteiger partial charge is 0.481 e. The van der Waals surface area contributed by atoms with Gasteiger partial charge >= 0.3 is 5.97 Å². The monoisotopic (exact) mass is 579 g/mol. The molecule has 1 spiro atoms. The summed E-state index contributed by atoms with van der Waals surface area (Å²) in [5.41, 5.74) is 3.18. The molecule has 2 aromatic rings. The number of carboxylic acids is 1. The van der Waals surface area contributed by atoms with Gasteiger partial charge < -0.3 is 15.3 Å². The number of hydrogen-bond acceptors (Lipinski definition) is 4. The van der Waals surface area contributed by atoms with Gasteiger partial charge in [0, 0.05) is 22.7 Å². The molecule has 1 aliphatic heterocycles. The highest BCUT2D eigenvalue weighted by Gasteiger charge is 2.52. The summed E-state index contributed by atoms with van der Waals surface area (Å²) in [4.78, 5) is 45.0. The van der Waals surface area contributed by atoms with Crippen molar-refractivity contribution in [1.82, 2.24) is 10.2 Å². The molecule has 0 radical (unpaired) electrons. The van der Waals surface area contributed by atoms with Crippen molar-refractivity contribution in [3.63, 3.8) is 0 Å². The molecule has 0 saturated heterocycles. The highest BCUT2D eigenvalue weighted by molar-refractivity contribution is 6.47. The number of carbonyl (C=O) groups is 3. The van der Waals surface area contributed by atoms with E-state index < -0.39 is 11.6 Å². The van der Waals surface area contributed by atoms with Crippen LogP contribution < -0.4 is 5.32 Å². The number of hydrogen-bond donors (Lipinski definition) is 2. The Bertz CT molecular complexity index is 1300. The Morgan fingerprint density at radius 2 is 1.80 bits per heavy atom. The molecule has 0 unspecified atom stereocenters. The number of amides is 2. The maximum Gasteiger partial charge on any atom is 0.305 e. The maximum atomic E-state index is 14.4. The third-order valence-electron chi connectivity index (χ3n) is 8.57. The van der Waals surface area contributed by atoms with Gasteiger partial charge in [0.1, 0.15) is 11.4 Å². The smallest absolute Gasteiger partial charge is 0.305 e. The second-order valence-corrected chi connectivity index (χ2v) is 13.0. The number of aliphatic carboxylic acids is 1. The normalized spacial score (nSPS) is 21.6. The first kappa shape index (κ1) is 30.8. The van der Waals surface area contributed by atoms with Crippen LogP contribution >= 0.6 is 11.6 Å². The van der Waals surface area contributed by atoms with Crippen LogP contribution in [0.1, 0.15) is 106 Å². The lowest BCUT2D eigenvalue weighted by Gasteiger charge is -2.47. The van der Waals surface area contributed by atoms with Gasteiger partial charge in [-0.05, 0) is 91.8 Å². The van der Waals surface area contributed by atoms with Crippen LogP contribution in [0.25, 0.3) is 0 Å². The second-order valence-electron chi connectivity index (χ2n) is 12.6. The van der Waals surface area contributed by atoms with E-state index in [-0.39, 0.29) is 36.2 Å². The van der Waals surface area contributed by atoms with Gasteiger partial charge in [-0.1, -0.05) is 57.8 Å². The standard InChI is InChI=1S/C33H42ClN3O4/c1-6-7-27(22-8-10-23(11-9-22)30(40)35-17-14-28(38)39)37-31(41)29(24-18-21(2)19-26(34)20-24)36-33(37)15-12-25(13-16-33)32(3,4)5/h8-11,18-20,25,27H,6-7,12-17H2,1-5H3,(H,35,40)(H,38,39)/t25?,27-,33?/m1/s1. The van der Waals surface area contributed by atoms with Gasteiger partial charge in [-0.2, -0.15) is 0 Å². The van der Waals surface area contributed by atoms with Crippen LogP contribution in [-0.4, -0.2) is 45.7 Å². The van der Waals surface area contributed by atoms with Crippen LogP contribution in [0.5, 0.6) is 0 Å². The van der Waals surface area contributed by atoms with Crippen molar-refractivity contribution in [2.75, 3.05) is 6.54 Å². The zero-order chi connectivity index (χ0) is 29.9. The molecule has 8 heteroatoms. The number of carbonyl (C=O) groups excluding carboxylic acids is 2. The molecule has 4 rings (SSSR count). The summed E-state index contributed by atoms with van der Waals surface area (Å²) in [7, 11) is 0. The first-order chi connectivity index (χ1) is 19.3. The lowest BCUT2D eigenvalue weighted by atomic mass is 9.69. The summed E-state index contributed by atoms with van der Waals surface area (Å²) in [6.07, 6.45) is 5.09. The van der Waals surface area contributed by atoms with Crippen molar-refractivity contribution < 1.29 is 19.5 Å². The summed E-state index contributed by atoms with van der Waals surface area (Å²) < 4.78 is 0. The summed E-state index contributed by atoms with van der Waals surface area (Å²) >= 11 is 6.41. The molecule has 1 aliphatic carbocycles. The van der Waals surface area contributed by atoms with Crippen molar-refractivity contribution in [2.45, 2.75) is 91.3 Å². The third-order valence-corrected chi connectivity index (χ3v) is 8.79. The zero-order valence-corrected chi connectivity index (χ0v) is 25.6. The van der Waals surface area contributed by atoms with E-state index in [1.807, 2.05) is 42.2 Å². The van der Waals surface area contributed by atoms with E-state index in [2.05, 4.69) is 33.0 Å². The molecule has 2 N–H and O–H groups in total. The van der Waals surface area contributed by atoms with Crippen molar-refractivity contribution >= 4 is 35.1 Å². The van der Waals surface area contributed by atoms with Crippen LogP contribution in [0.3, 0.4) is 0 Å². The number of halogens is 1. The molecule has 1 saturated carbocycles. The van der Waals surface area contributed by atoms with Crippen LogP contribution in [0, 0.1) is 18.3 Å². The van der Waals surface area contributed by atoms with Gasteiger partial charge in [-0.3, -0.25) is 19.4 Å². The molecular formula is C33H42ClN3O4. The number of benzene rings is 2. The number of carboxylic acid groups (broad SMARTS) is 1. The SMILES string of the molecule is CCC[C@H](c1ccc(C(=O)NCCC(=O)O)cc1)N1C(=O)C(c2cc(C)cc(Cl)c2)=NC12CCC(C(C)(C)C)CC2. The van der Waals surface area contributed by atoms with Crippen molar-refractivity contribution in [1.29, 1.82) is 0 Å². The van der Waals surface area contributed by atoms with Gasteiger partial charge in [0.15, 0.2) is 0 Å². The van der Waals surface area contributed by atoms with Gasteiger partial charge in [-0.15, -0.1) is 0 Å². The highest BCUT2D eigenvalue weighted by atomic mass is 35.5. The van der Waals surface area contributed by atoms with E-state index in [1.54, 1.807) is 12.1 Å². The highest BCUT2D eigenvalue weighted by Crippen LogP contribution is 2.50. The average molecular weight is 580 g/mol. The van der Waals surface area contributed by atoms with E-state index in [1.165, 1.54) is 0 Å². The summed E-state index contributed by atoms with van der Waals surface area (Å²) in [5, 5.41) is 12.1. The van der Waals surface area contributed by atoms with Gasteiger partial charge in [0.2, 0.25) is 0 Å². The fourth-order valence-electron chi connectivity index (χ4n) is 6.36. The molecule has 2 aromatic carbocycles. The van der Waals surface area contributed by atoms with E-state index in [9.17, 15) is 14.4 Å². The molecule has 2 amide bonds. The second kappa shape index (κ2) is 12.4. The minimum absolute atomic E-state index is 0.0673. The fourth-order valence-corrected chi connectivity index (χ4v) is 6.65. The summed E-state index contributed by atoms with van der Waals surface area (Å²) in [6, 6.07) is 12.8. The lowest BCUT2D eigenvalue weighted by molar-refractivity contribution is -0.137. The van der Waals surface area contributed by atoms with E-state index in [0.29, 0.717) is 22.2 Å². The Labute approximate surface area is 248 Å². The molecule has 1 heterocycles. The predicted octanol–water partition coefficient (Wildman–Crippen LogP) is 6.96. The third kappa shape index (κ3) is 6.83. The Hall–Kier alpha value is -3.19. The zero-order valence-electron chi connectivity index (χ0n) is 24.8. The van der Waals surface area contributed by atoms with Crippen LogP contribution in [0.15, 0.2) is 47.5 Å². The van der Waals surface area contributed by atoms with Crippen LogP contribution in [0.2, 0.25) is 5.02 Å². The molecule has 1 fully saturated rings. The summed E-state index contributed by atoms with van der Waals surface area (Å²) in [5.74, 6) is -0.796. The molecule has 2 aliphatic rings. The van der Waals surface area contributed by atoms with E-state index in [0.717, 1.165) is 55.2 Å². The van der Waals surface area contributed by atoms with Crippen LogP contribution in [0.4, 0.5) is 0 Å². The minimum Gasteiger partial charge on any atom is -0.481 e. The topological polar surface area (TPSA) is 99.1 Å². The Kier molecular flexibility index (Phi) is 9.27. The fraction of sp³-hybridized carbons (Fsp3) is 0.515. The average Bonchev–Trinajstić information content (AvgIpc) is 3.17. The first-order valence-corrected chi connectivity index (χ1v) is 15.0. The Morgan fingerprint density at radius 1 is 1.15 bits per heavy atom. The number of rotatable bonds is 9. The lowest BCUT2D eigenvalue weighted by Crippen LogP contribution is -2.51. The Balaban J connectivity index is 1.69. The van der Waals surface area contributed by atoms with Crippen molar-refractivity contribution in [2.24, 2.45) is 16.3 Å². The van der Waals surface area contributed by atoms with Gasteiger partial charge in [0.05, 0.1) is 12.5 Å². The van der Waals surface area contributed by atoms with Crippen molar-refractivity contribution in [3.05, 3.63) is 69.7 Å². The number of aliphatic imine (C=N–C) groups is 1. The number of aryl methyl sites for hydroxylation is 1. The first-order valence-electron chi connectivity index (χ1n) is 14.7.